The second-order valence-electron chi connectivity index (χ2n) is 14.3. The summed E-state index contributed by atoms with van der Waals surface area (Å²) in [7, 11) is 0. The van der Waals surface area contributed by atoms with Crippen LogP contribution in [-0.2, 0) is 5.41 Å². The Morgan fingerprint density at radius 1 is 0.393 bits per heavy atom. The lowest BCUT2D eigenvalue weighted by Crippen LogP contribution is -2.28. The highest BCUT2D eigenvalue weighted by atomic mass is 15.2. The first-order chi connectivity index (χ1) is 27.8. The van der Waals surface area contributed by atoms with Crippen LogP contribution in [0.5, 0.6) is 0 Å². The van der Waals surface area contributed by atoms with E-state index in [1.165, 1.54) is 27.8 Å². The zero-order chi connectivity index (χ0) is 37.1. The van der Waals surface area contributed by atoms with Crippen LogP contribution in [0.2, 0.25) is 0 Å². The minimum Gasteiger partial charge on any atom is -0.278 e. The summed E-state index contributed by atoms with van der Waals surface area (Å²) in [6.45, 7) is 0. The van der Waals surface area contributed by atoms with Crippen molar-refractivity contribution in [1.82, 2.24) is 24.5 Å². The van der Waals surface area contributed by atoms with Crippen LogP contribution in [0.15, 0.2) is 200 Å². The molecule has 1 unspecified atom stereocenters. The Morgan fingerprint density at radius 3 is 1.71 bits per heavy atom. The minimum absolute atomic E-state index is 0.487. The van der Waals surface area contributed by atoms with Crippen molar-refractivity contribution in [2.75, 3.05) is 0 Å². The molecule has 0 fully saturated rings. The summed E-state index contributed by atoms with van der Waals surface area (Å²) in [5.74, 6) is 1.85. The molecule has 3 aromatic heterocycles. The normalized spacial score (nSPS) is 14.5. The molecular weight excluding hydrogens is 683 g/mol. The Labute approximate surface area is 324 Å². The summed E-state index contributed by atoms with van der Waals surface area (Å²) < 4.78 is 2.18. The van der Waals surface area contributed by atoms with Crippen molar-refractivity contribution >= 4 is 21.8 Å². The van der Waals surface area contributed by atoms with E-state index in [0.717, 1.165) is 49.6 Å². The predicted octanol–water partition coefficient (Wildman–Crippen LogP) is 11.7. The van der Waals surface area contributed by atoms with E-state index in [-0.39, 0.29) is 0 Å². The summed E-state index contributed by atoms with van der Waals surface area (Å²) in [6, 6.07) is 66.5. The van der Waals surface area contributed by atoms with E-state index in [0.29, 0.717) is 17.6 Å². The number of hydrogen-bond donors (Lipinski definition) is 0. The highest BCUT2D eigenvalue weighted by Gasteiger charge is 2.46. The Balaban J connectivity index is 1.10. The van der Waals surface area contributed by atoms with Crippen molar-refractivity contribution in [2.24, 2.45) is 0 Å². The van der Waals surface area contributed by atoms with Crippen molar-refractivity contribution < 1.29 is 0 Å². The molecular formula is C51H33N5. The van der Waals surface area contributed by atoms with Gasteiger partial charge in [-0.15, -0.1) is 0 Å². The molecule has 3 heterocycles. The Hall–Kier alpha value is -7.50. The summed E-state index contributed by atoms with van der Waals surface area (Å²) in [4.78, 5) is 19.8. The van der Waals surface area contributed by atoms with Gasteiger partial charge in [0.2, 0.25) is 5.95 Å². The van der Waals surface area contributed by atoms with E-state index in [1.807, 2.05) is 79.1 Å². The number of fused-ring (bicyclic) bond motifs is 6. The van der Waals surface area contributed by atoms with E-state index in [9.17, 15) is 0 Å². The van der Waals surface area contributed by atoms with Crippen LogP contribution >= 0.6 is 0 Å². The molecule has 11 rings (SSSR count). The van der Waals surface area contributed by atoms with E-state index < -0.39 is 5.41 Å². The highest BCUT2D eigenvalue weighted by Crippen LogP contribution is 2.56. The van der Waals surface area contributed by atoms with Crippen LogP contribution in [0.3, 0.4) is 0 Å². The highest BCUT2D eigenvalue weighted by molar-refractivity contribution is 6.10. The largest absolute Gasteiger partial charge is 0.278 e. The maximum absolute atomic E-state index is 5.11. The topological polar surface area (TPSA) is 56.5 Å². The fraction of sp³-hybridized carbons (Fsp3) is 0.0196. The van der Waals surface area contributed by atoms with Gasteiger partial charge in [-0.3, -0.25) is 9.55 Å². The summed E-state index contributed by atoms with van der Waals surface area (Å²) in [5.41, 5.74) is 13.2. The van der Waals surface area contributed by atoms with Crippen molar-refractivity contribution in [2.45, 2.75) is 5.41 Å². The number of nitrogens with zero attached hydrogens (tertiary/aromatic N) is 5. The maximum atomic E-state index is 5.11. The minimum atomic E-state index is -0.487. The lowest BCUT2D eigenvalue weighted by atomic mass is 9.68. The van der Waals surface area contributed by atoms with Crippen molar-refractivity contribution in [3.63, 3.8) is 0 Å². The van der Waals surface area contributed by atoms with Gasteiger partial charge in [-0.05, 0) is 74.8 Å². The average molecular weight is 716 g/mol. The number of aromatic nitrogens is 5. The number of para-hydroxylation sites is 1. The smallest absolute Gasteiger partial charge is 0.238 e. The quantitative estimate of drug-likeness (QED) is 0.172. The zero-order valence-corrected chi connectivity index (χ0v) is 30.3. The number of rotatable bonds is 6. The van der Waals surface area contributed by atoms with Gasteiger partial charge in [-0.25, -0.2) is 4.98 Å². The molecule has 0 bridgehead atoms. The van der Waals surface area contributed by atoms with E-state index in [2.05, 4.69) is 131 Å². The molecule has 5 heteroatoms. The van der Waals surface area contributed by atoms with Crippen LogP contribution in [0.1, 0.15) is 22.3 Å². The summed E-state index contributed by atoms with van der Waals surface area (Å²) in [6.07, 6.45) is 3.88. The van der Waals surface area contributed by atoms with Gasteiger partial charge in [0.25, 0.3) is 0 Å². The zero-order valence-electron chi connectivity index (χ0n) is 30.3. The van der Waals surface area contributed by atoms with Crippen molar-refractivity contribution in [1.29, 1.82) is 0 Å². The molecule has 1 aliphatic carbocycles. The first-order valence-electron chi connectivity index (χ1n) is 18.9. The average Bonchev–Trinajstić information content (AvgIpc) is 3.78. The van der Waals surface area contributed by atoms with Crippen molar-refractivity contribution in [3.05, 3.63) is 223 Å². The fourth-order valence-electron chi connectivity index (χ4n) is 8.79. The van der Waals surface area contributed by atoms with Crippen LogP contribution < -0.4 is 0 Å². The molecule has 10 aromatic rings. The SMILES string of the molecule is c1ccc(-c2nc(-c3ccccc3)nc(-n3c4ccccc4c4cc(-c5ccc6c(c5)-c5ccccc5C6(c5ccccc5)c5cccnc5)ccc43)n2)cc1. The van der Waals surface area contributed by atoms with Gasteiger partial charge in [0, 0.05) is 34.3 Å². The van der Waals surface area contributed by atoms with Crippen LogP contribution in [-0.4, -0.2) is 24.5 Å². The predicted molar refractivity (Wildman–Crippen MR) is 226 cm³/mol. The third-order valence-electron chi connectivity index (χ3n) is 11.2. The Bertz CT molecular complexity index is 2970. The van der Waals surface area contributed by atoms with E-state index in [1.54, 1.807) is 0 Å². The van der Waals surface area contributed by atoms with Crippen LogP contribution in [0.25, 0.3) is 72.8 Å². The number of benzene rings is 7. The summed E-state index contributed by atoms with van der Waals surface area (Å²) in [5, 5.41) is 2.27. The molecule has 1 atom stereocenters. The van der Waals surface area contributed by atoms with E-state index >= 15 is 0 Å². The third kappa shape index (κ3) is 4.88. The van der Waals surface area contributed by atoms with Gasteiger partial charge in [-0.1, -0.05) is 158 Å². The first-order valence-corrected chi connectivity index (χ1v) is 18.9. The Kier molecular flexibility index (Phi) is 7.32. The third-order valence-corrected chi connectivity index (χ3v) is 11.2. The molecule has 0 saturated carbocycles. The summed E-state index contributed by atoms with van der Waals surface area (Å²) >= 11 is 0. The fourth-order valence-corrected chi connectivity index (χ4v) is 8.79. The van der Waals surface area contributed by atoms with Crippen LogP contribution in [0.4, 0.5) is 0 Å². The molecule has 262 valence electrons. The number of pyridine rings is 1. The van der Waals surface area contributed by atoms with Gasteiger partial charge in [0.1, 0.15) is 0 Å². The van der Waals surface area contributed by atoms with Crippen molar-refractivity contribution in [3.8, 4) is 51.0 Å². The molecule has 0 aliphatic heterocycles. The number of hydrogen-bond acceptors (Lipinski definition) is 4. The van der Waals surface area contributed by atoms with Gasteiger partial charge in [0.15, 0.2) is 11.6 Å². The van der Waals surface area contributed by atoms with Crippen LogP contribution in [0, 0.1) is 0 Å². The molecule has 56 heavy (non-hydrogen) atoms. The molecule has 0 N–H and O–H groups in total. The molecule has 0 saturated heterocycles. The first kappa shape index (κ1) is 32.0. The molecule has 0 radical (unpaired) electrons. The molecule has 0 amide bonds. The van der Waals surface area contributed by atoms with Gasteiger partial charge in [-0.2, -0.15) is 9.97 Å². The monoisotopic (exact) mass is 715 g/mol. The van der Waals surface area contributed by atoms with Gasteiger partial charge in [0.05, 0.1) is 16.4 Å². The lowest BCUT2D eigenvalue weighted by molar-refractivity contribution is 0.763. The molecule has 7 aromatic carbocycles. The second kappa shape index (κ2) is 12.8. The van der Waals surface area contributed by atoms with E-state index in [4.69, 9.17) is 15.0 Å². The Morgan fingerprint density at radius 2 is 0.982 bits per heavy atom. The lowest BCUT2D eigenvalue weighted by Gasteiger charge is -2.33. The second-order valence-corrected chi connectivity index (χ2v) is 14.3. The molecule has 0 spiro atoms. The van der Waals surface area contributed by atoms with Gasteiger partial charge < -0.3 is 0 Å². The molecule has 1 aliphatic rings. The van der Waals surface area contributed by atoms with Gasteiger partial charge >= 0.3 is 0 Å². The maximum Gasteiger partial charge on any atom is 0.238 e. The molecule has 5 nitrogen and oxygen atoms in total. The standard InChI is InChI=1S/C51H33N5/c1-4-15-34(16-5-1)48-53-49(35-17-6-2-7-18-35)55-50(54-48)56-46-25-13-11-23-41(46)43-32-37(27-29-47(43)56)36-26-28-45-42(31-36)40-22-10-12-24-44(40)51(45,38-19-8-3-9-20-38)39-21-14-30-52-33-39/h1-33H.